The number of nitrogens with one attached hydrogen (secondary N) is 1. The highest BCUT2D eigenvalue weighted by molar-refractivity contribution is 5.73. The number of nitrogen functional groups attached to an aromatic ring is 1. The van der Waals surface area contributed by atoms with Gasteiger partial charge >= 0.3 is 0 Å². The van der Waals surface area contributed by atoms with Crippen molar-refractivity contribution in [2.45, 2.75) is 32.7 Å². The van der Waals surface area contributed by atoms with Crippen LogP contribution in [0.5, 0.6) is 5.75 Å². The molecule has 96 valence electrons. The van der Waals surface area contributed by atoms with Crippen LogP contribution in [0.4, 0.5) is 11.4 Å². The third-order valence-corrected chi connectivity index (χ3v) is 2.93. The SMILES string of the molecule is CCOc1cccc(NC(C)(CC)CO)c1N. The molecule has 1 aromatic rings. The molecule has 0 bridgehead atoms. The van der Waals surface area contributed by atoms with Crippen molar-refractivity contribution in [3.63, 3.8) is 0 Å². The first kappa shape index (κ1) is 13.6. The molecule has 0 aliphatic rings. The second-order valence-electron chi connectivity index (χ2n) is 4.35. The van der Waals surface area contributed by atoms with E-state index in [0.717, 1.165) is 12.1 Å². The highest BCUT2D eigenvalue weighted by atomic mass is 16.5. The zero-order valence-electron chi connectivity index (χ0n) is 10.8. The molecule has 4 heteroatoms. The molecule has 1 rings (SSSR count). The van der Waals surface area contributed by atoms with Gasteiger partial charge in [0.15, 0.2) is 0 Å². The fourth-order valence-electron chi connectivity index (χ4n) is 1.50. The summed E-state index contributed by atoms with van der Waals surface area (Å²) in [6.45, 7) is 6.54. The van der Waals surface area contributed by atoms with Gasteiger partial charge in [0.1, 0.15) is 5.75 Å². The Morgan fingerprint density at radius 1 is 1.41 bits per heavy atom. The molecule has 1 unspecified atom stereocenters. The third kappa shape index (κ3) is 3.27. The van der Waals surface area contributed by atoms with Gasteiger partial charge < -0.3 is 20.9 Å². The van der Waals surface area contributed by atoms with E-state index in [-0.39, 0.29) is 12.1 Å². The molecule has 0 saturated heterocycles. The number of anilines is 2. The zero-order chi connectivity index (χ0) is 12.9. The lowest BCUT2D eigenvalue weighted by Gasteiger charge is -2.29. The summed E-state index contributed by atoms with van der Waals surface area (Å²) in [5, 5.41) is 12.6. The lowest BCUT2D eigenvalue weighted by molar-refractivity contribution is 0.219. The second kappa shape index (κ2) is 5.77. The molecule has 0 aromatic heterocycles. The van der Waals surface area contributed by atoms with Gasteiger partial charge in [-0.2, -0.15) is 0 Å². The van der Waals surface area contributed by atoms with Gasteiger partial charge in [-0.3, -0.25) is 0 Å². The molecule has 17 heavy (non-hydrogen) atoms. The minimum Gasteiger partial charge on any atom is -0.492 e. The van der Waals surface area contributed by atoms with E-state index in [1.165, 1.54) is 0 Å². The summed E-state index contributed by atoms with van der Waals surface area (Å²) in [7, 11) is 0. The van der Waals surface area contributed by atoms with Gasteiger partial charge in [0.05, 0.1) is 30.1 Å². The number of hydrogen-bond donors (Lipinski definition) is 3. The van der Waals surface area contributed by atoms with Crippen molar-refractivity contribution in [1.29, 1.82) is 0 Å². The topological polar surface area (TPSA) is 67.5 Å². The number of para-hydroxylation sites is 1. The average Bonchev–Trinajstić information content (AvgIpc) is 2.34. The number of benzene rings is 1. The highest BCUT2D eigenvalue weighted by Crippen LogP contribution is 2.31. The highest BCUT2D eigenvalue weighted by Gasteiger charge is 2.21. The van der Waals surface area contributed by atoms with Crippen LogP contribution in [-0.4, -0.2) is 23.9 Å². The number of ether oxygens (including phenoxy) is 1. The largest absolute Gasteiger partial charge is 0.492 e. The Bertz CT molecular complexity index is 362. The lowest BCUT2D eigenvalue weighted by atomic mass is 9.99. The van der Waals surface area contributed by atoms with Crippen LogP contribution in [0.25, 0.3) is 0 Å². The van der Waals surface area contributed by atoms with E-state index in [1.54, 1.807) is 0 Å². The predicted molar refractivity (Wildman–Crippen MR) is 71.4 cm³/mol. The first-order valence-electron chi connectivity index (χ1n) is 5.96. The Hall–Kier alpha value is -1.42. The van der Waals surface area contributed by atoms with Crippen molar-refractivity contribution in [2.75, 3.05) is 24.3 Å². The number of aliphatic hydroxyl groups is 1. The molecule has 0 fully saturated rings. The van der Waals surface area contributed by atoms with Crippen molar-refractivity contribution < 1.29 is 9.84 Å². The summed E-state index contributed by atoms with van der Waals surface area (Å²) < 4.78 is 5.43. The normalized spacial score (nSPS) is 14.1. The fraction of sp³-hybridized carbons (Fsp3) is 0.538. The first-order valence-corrected chi connectivity index (χ1v) is 5.96. The summed E-state index contributed by atoms with van der Waals surface area (Å²) >= 11 is 0. The zero-order valence-corrected chi connectivity index (χ0v) is 10.8. The average molecular weight is 238 g/mol. The Morgan fingerprint density at radius 2 is 2.12 bits per heavy atom. The molecule has 0 heterocycles. The van der Waals surface area contributed by atoms with Gasteiger partial charge in [-0.1, -0.05) is 13.0 Å². The molecular formula is C13H22N2O2. The van der Waals surface area contributed by atoms with Crippen LogP contribution in [0.1, 0.15) is 27.2 Å². The minimum absolute atomic E-state index is 0.0573. The van der Waals surface area contributed by atoms with E-state index >= 15 is 0 Å². The molecule has 0 radical (unpaired) electrons. The summed E-state index contributed by atoms with van der Waals surface area (Å²) in [4.78, 5) is 0. The van der Waals surface area contributed by atoms with Crippen LogP contribution in [-0.2, 0) is 0 Å². The van der Waals surface area contributed by atoms with Crippen molar-refractivity contribution in [1.82, 2.24) is 0 Å². The van der Waals surface area contributed by atoms with Gasteiger partial charge in [0, 0.05) is 0 Å². The maximum atomic E-state index is 9.38. The Balaban J connectivity index is 2.95. The predicted octanol–water partition coefficient (Wildman–Crippen LogP) is 2.24. The molecule has 4 nitrogen and oxygen atoms in total. The third-order valence-electron chi connectivity index (χ3n) is 2.93. The molecule has 0 saturated carbocycles. The molecule has 0 amide bonds. The quantitative estimate of drug-likeness (QED) is 0.665. The molecule has 0 aliphatic heterocycles. The van der Waals surface area contributed by atoms with Crippen molar-refractivity contribution >= 4 is 11.4 Å². The first-order chi connectivity index (χ1) is 8.06. The Labute approximate surface area is 103 Å². The van der Waals surface area contributed by atoms with Crippen molar-refractivity contribution in [3.8, 4) is 5.75 Å². The summed E-state index contributed by atoms with van der Waals surface area (Å²) in [6, 6.07) is 5.62. The molecule has 0 spiro atoms. The number of hydrogen-bond acceptors (Lipinski definition) is 4. The summed E-state index contributed by atoms with van der Waals surface area (Å²) in [5.41, 5.74) is 7.04. The van der Waals surface area contributed by atoms with E-state index in [2.05, 4.69) is 5.32 Å². The van der Waals surface area contributed by atoms with E-state index in [0.29, 0.717) is 18.0 Å². The summed E-state index contributed by atoms with van der Waals surface area (Å²) in [5.74, 6) is 0.675. The van der Waals surface area contributed by atoms with Crippen molar-refractivity contribution in [3.05, 3.63) is 18.2 Å². The smallest absolute Gasteiger partial charge is 0.144 e. The molecule has 4 N–H and O–H groups in total. The number of nitrogens with two attached hydrogens (primary N) is 1. The van der Waals surface area contributed by atoms with Crippen LogP contribution < -0.4 is 15.8 Å². The summed E-state index contributed by atoms with van der Waals surface area (Å²) in [6.07, 6.45) is 0.807. The number of rotatable bonds is 6. The van der Waals surface area contributed by atoms with Gasteiger partial charge in [-0.15, -0.1) is 0 Å². The van der Waals surface area contributed by atoms with Crippen LogP contribution in [0.3, 0.4) is 0 Å². The fourth-order valence-corrected chi connectivity index (χ4v) is 1.50. The van der Waals surface area contributed by atoms with Gasteiger partial charge in [-0.25, -0.2) is 0 Å². The van der Waals surface area contributed by atoms with E-state index in [1.807, 2.05) is 39.0 Å². The van der Waals surface area contributed by atoms with Gasteiger partial charge in [0.2, 0.25) is 0 Å². The monoisotopic (exact) mass is 238 g/mol. The van der Waals surface area contributed by atoms with Crippen LogP contribution in [0.15, 0.2) is 18.2 Å². The van der Waals surface area contributed by atoms with E-state index in [4.69, 9.17) is 10.5 Å². The maximum absolute atomic E-state index is 9.38. The number of aliphatic hydroxyl groups excluding tert-OH is 1. The Kier molecular flexibility index (Phi) is 4.63. The van der Waals surface area contributed by atoms with Crippen LogP contribution in [0.2, 0.25) is 0 Å². The van der Waals surface area contributed by atoms with Crippen LogP contribution >= 0.6 is 0 Å². The Morgan fingerprint density at radius 3 is 2.65 bits per heavy atom. The molecule has 0 aliphatic carbocycles. The minimum atomic E-state index is -0.362. The lowest BCUT2D eigenvalue weighted by Crippen LogP contribution is -2.38. The molecule has 1 aromatic carbocycles. The van der Waals surface area contributed by atoms with Gasteiger partial charge in [0.25, 0.3) is 0 Å². The van der Waals surface area contributed by atoms with E-state index < -0.39 is 0 Å². The van der Waals surface area contributed by atoms with Crippen molar-refractivity contribution in [2.24, 2.45) is 0 Å². The second-order valence-corrected chi connectivity index (χ2v) is 4.35. The molecular weight excluding hydrogens is 216 g/mol. The van der Waals surface area contributed by atoms with Crippen LogP contribution in [0, 0.1) is 0 Å². The van der Waals surface area contributed by atoms with E-state index in [9.17, 15) is 5.11 Å². The van der Waals surface area contributed by atoms with Gasteiger partial charge in [-0.05, 0) is 32.4 Å². The standard InChI is InChI=1S/C13H22N2O2/c1-4-13(3,9-16)15-10-7-6-8-11(12(10)14)17-5-2/h6-8,15-16H,4-5,9,14H2,1-3H3. The maximum Gasteiger partial charge on any atom is 0.144 e. The molecule has 1 atom stereocenters.